The summed E-state index contributed by atoms with van der Waals surface area (Å²) < 4.78 is 4.98. The van der Waals surface area contributed by atoms with Gasteiger partial charge in [-0.3, -0.25) is 9.59 Å². The van der Waals surface area contributed by atoms with Crippen molar-refractivity contribution in [3.63, 3.8) is 0 Å². The molecule has 0 bridgehead atoms. The van der Waals surface area contributed by atoms with Gasteiger partial charge >= 0.3 is 11.9 Å². The predicted molar refractivity (Wildman–Crippen MR) is 170 cm³/mol. The second-order valence-corrected chi connectivity index (χ2v) is 10.4. The second-order valence-electron chi connectivity index (χ2n) is 10.4. The molecule has 39 heavy (non-hydrogen) atoms. The number of hydrogen-bond acceptors (Lipinski definition) is 3. The van der Waals surface area contributed by atoms with E-state index in [1.54, 1.807) is 0 Å². The Hall–Kier alpha value is -2.16. The Balaban J connectivity index is 3.45. The molecule has 0 amide bonds. The van der Waals surface area contributed by atoms with Gasteiger partial charge in [0.1, 0.15) is 0 Å². The maximum atomic E-state index is 11.9. The Morgan fingerprint density at radius 1 is 0.436 bits per heavy atom. The van der Waals surface area contributed by atoms with Gasteiger partial charge in [0.25, 0.3) is 0 Å². The van der Waals surface area contributed by atoms with Gasteiger partial charge in [-0.25, -0.2) is 0 Å². The number of ether oxygens (including phenoxy) is 1. The maximum Gasteiger partial charge on any atom is 0.313 e. The van der Waals surface area contributed by atoms with E-state index in [1.807, 2.05) is 0 Å². The van der Waals surface area contributed by atoms with Gasteiger partial charge in [0.2, 0.25) is 0 Å². The molecule has 0 aromatic heterocycles. The monoisotopic (exact) mass is 540 g/mol. The van der Waals surface area contributed by atoms with Crippen LogP contribution in [0.5, 0.6) is 0 Å². The molecule has 3 heteroatoms. The summed E-state index contributed by atoms with van der Waals surface area (Å²) in [7, 11) is 0. The highest BCUT2D eigenvalue weighted by Gasteiger charge is 2.09. The zero-order valence-corrected chi connectivity index (χ0v) is 25.6. The van der Waals surface area contributed by atoms with Crippen LogP contribution in [0, 0.1) is 0 Å². The summed E-state index contributed by atoms with van der Waals surface area (Å²) in [5, 5.41) is 0. The van der Waals surface area contributed by atoms with Crippen molar-refractivity contribution < 1.29 is 14.3 Å². The van der Waals surface area contributed by atoms with Crippen molar-refractivity contribution in [2.24, 2.45) is 0 Å². The van der Waals surface area contributed by atoms with Gasteiger partial charge < -0.3 is 4.74 Å². The van der Waals surface area contributed by atoms with Crippen LogP contribution >= 0.6 is 0 Å². The molecular formula is C36H60O3. The fourth-order valence-electron chi connectivity index (χ4n) is 4.20. The third kappa shape index (κ3) is 32.0. The van der Waals surface area contributed by atoms with Crippen LogP contribution in [-0.4, -0.2) is 11.9 Å². The molecule has 0 saturated carbocycles. The van der Waals surface area contributed by atoms with E-state index < -0.39 is 0 Å². The van der Waals surface area contributed by atoms with Gasteiger partial charge in [-0.2, -0.15) is 0 Å². The molecule has 0 heterocycles. The molecule has 0 spiro atoms. The van der Waals surface area contributed by atoms with Gasteiger partial charge in [-0.05, 0) is 77.0 Å². The number of carbonyl (C=O) groups excluding carboxylic acids is 2. The third-order valence-corrected chi connectivity index (χ3v) is 6.59. The van der Waals surface area contributed by atoms with Gasteiger partial charge in [-0.15, -0.1) is 0 Å². The standard InChI is InChI=1S/C36H60O3/c1-3-5-7-9-11-13-15-17-19-21-23-25-27-29-31-33-35(37)39-36(38)34-32-30-28-26-24-22-20-18-16-14-12-10-8-6-4-2/h5,7,11-14,17-20H,3-4,6,8-10,15-16,21-34H2,1-2H3/b7-5-,13-11-,14-12+,19-17-,20-18+. The Morgan fingerprint density at radius 3 is 1.23 bits per heavy atom. The largest absolute Gasteiger partial charge is 0.393 e. The van der Waals surface area contributed by atoms with Gasteiger partial charge in [0.15, 0.2) is 0 Å². The summed E-state index contributed by atoms with van der Waals surface area (Å²) in [6, 6.07) is 0. The fourth-order valence-corrected chi connectivity index (χ4v) is 4.20. The number of rotatable bonds is 27. The zero-order valence-electron chi connectivity index (χ0n) is 25.6. The average molecular weight is 541 g/mol. The van der Waals surface area contributed by atoms with Gasteiger partial charge in [0, 0.05) is 12.8 Å². The molecule has 0 aliphatic carbocycles. The lowest BCUT2D eigenvalue weighted by Crippen LogP contribution is -2.11. The topological polar surface area (TPSA) is 43.4 Å². The Labute approximate surface area is 242 Å². The minimum atomic E-state index is -0.358. The maximum absolute atomic E-state index is 11.9. The summed E-state index contributed by atoms with van der Waals surface area (Å²) in [6.07, 6.45) is 45.4. The Morgan fingerprint density at radius 2 is 0.795 bits per heavy atom. The van der Waals surface area contributed by atoms with Crippen LogP contribution in [0.1, 0.15) is 155 Å². The van der Waals surface area contributed by atoms with E-state index in [2.05, 4.69) is 74.6 Å². The van der Waals surface area contributed by atoms with Crippen LogP contribution in [0.4, 0.5) is 0 Å². The van der Waals surface area contributed by atoms with E-state index >= 15 is 0 Å². The minimum absolute atomic E-state index is 0.355. The normalized spacial score (nSPS) is 12.3. The molecule has 0 aliphatic rings. The SMILES string of the molecule is CC/C=C\C/C=C\C/C=C\CCCCCCCC(=O)OC(=O)CCCCCCC/C=C/C/C=C/CCCCC. The van der Waals surface area contributed by atoms with Crippen molar-refractivity contribution in [2.45, 2.75) is 155 Å². The Kier molecular flexibility index (Phi) is 30.3. The van der Waals surface area contributed by atoms with Crippen molar-refractivity contribution in [1.29, 1.82) is 0 Å². The minimum Gasteiger partial charge on any atom is -0.393 e. The highest BCUT2D eigenvalue weighted by Crippen LogP contribution is 2.11. The van der Waals surface area contributed by atoms with E-state index in [0.717, 1.165) is 77.0 Å². The molecule has 0 aromatic carbocycles. The van der Waals surface area contributed by atoms with E-state index in [0.29, 0.717) is 12.8 Å². The quantitative estimate of drug-likeness (QED) is 0.0450. The Bertz CT molecular complexity index is 696. The van der Waals surface area contributed by atoms with E-state index in [4.69, 9.17) is 4.74 Å². The lowest BCUT2D eigenvalue weighted by atomic mass is 10.1. The molecule has 222 valence electrons. The van der Waals surface area contributed by atoms with E-state index in [1.165, 1.54) is 51.4 Å². The molecule has 0 aromatic rings. The molecule has 0 fully saturated rings. The first-order valence-corrected chi connectivity index (χ1v) is 16.2. The highest BCUT2D eigenvalue weighted by atomic mass is 16.6. The van der Waals surface area contributed by atoms with Crippen LogP contribution in [-0.2, 0) is 14.3 Å². The fraction of sp³-hybridized carbons (Fsp3) is 0.667. The van der Waals surface area contributed by atoms with Crippen LogP contribution in [0.3, 0.4) is 0 Å². The van der Waals surface area contributed by atoms with Crippen LogP contribution in [0.2, 0.25) is 0 Å². The first-order valence-electron chi connectivity index (χ1n) is 16.2. The molecule has 0 unspecified atom stereocenters. The first kappa shape index (κ1) is 36.8. The van der Waals surface area contributed by atoms with Crippen molar-refractivity contribution >= 4 is 11.9 Å². The number of hydrogen-bond donors (Lipinski definition) is 0. The number of carbonyl (C=O) groups is 2. The zero-order chi connectivity index (χ0) is 28.5. The number of allylic oxidation sites excluding steroid dienone is 10. The first-order chi connectivity index (χ1) is 19.2. The molecular weight excluding hydrogens is 480 g/mol. The second kappa shape index (κ2) is 32.1. The van der Waals surface area contributed by atoms with Gasteiger partial charge in [-0.1, -0.05) is 126 Å². The smallest absolute Gasteiger partial charge is 0.313 e. The van der Waals surface area contributed by atoms with Crippen molar-refractivity contribution in [3.05, 3.63) is 60.8 Å². The van der Waals surface area contributed by atoms with Gasteiger partial charge in [0.05, 0.1) is 0 Å². The third-order valence-electron chi connectivity index (χ3n) is 6.59. The van der Waals surface area contributed by atoms with Crippen LogP contribution < -0.4 is 0 Å². The van der Waals surface area contributed by atoms with Crippen molar-refractivity contribution in [1.82, 2.24) is 0 Å². The summed E-state index contributed by atoms with van der Waals surface area (Å²) >= 11 is 0. The average Bonchev–Trinajstić information content (AvgIpc) is 2.93. The molecule has 0 aliphatic heterocycles. The summed E-state index contributed by atoms with van der Waals surface area (Å²) in [5.41, 5.74) is 0. The molecule has 0 radical (unpaired) electrons. The number of esters is 2. The summed E-state index contributed by atoms with van der Waals surface area (Å²) in [4.78, 5) is 23.8. The summed E-state index contributed by atoms with van der Waals surface area (Å²) in [6.45, 7) is 4.39. The molecule has 0 atom stereocenters. The molecule has 0 rings (SSSR count). The van der Waals surface area contributed by atoms with Crippen molar-refractivity contribution in [2.75, 3.05) is 0 Å². The lowest BCUT2D eigenvalue weighted by molar-refractivity contribution is -0.159. The molecule has 0 N–H and O–H groups in total. The summed E-state index contributed by atoms with van der Waals surface area (Å²) in [5.74, 6) is -0.714. The van der Waals surface area contributed by atoms with E-state index in [-0.39, 0.29) is 11.9 Å². The predicted octanol–water partition coefficient (Wildman–Crippen LogP) is 11.5. The molecule has 3 nitrogen and oxygen atoms in total. The van der Waals surface area contributed by atoms with Crippen molar-refractivity contribution in [3.8, 4) is 0 Å². The molecule has 0 saturated heterocycles. The highest BCUT2D eigenvalue weighted by molar-refractivity contribution is 5.85. The lowest BCUT2D eigenvalue weighted by Gasteiger charge is -2.04. The van der Waals surface area contributed by atoms with E-state index in [9.17, 15) is 9.59 Å². The van der Waals surface area contributed by atoms with Crippen LogP contribution in [0.25, 0.3) is 0 Å². The van der Waals surface area contributed by atoms with Crippen LogP contribution in [0.15, 0.2) is 60.8 Å². The number of unbranched alkanes of at least 4 members (excludes halogenated alkanes) is 13.